The van der Waals surface area contributed by atoms with Gasteiger partial charge < -0.3 is 10.5 Å². The molecule has 0 bridgehead atoms. The number of benzene rings is 1. The Bertz CT molecular complexity index is 479. The first-order chi connectivity index (χ1) is 7.82. The number of rotatable bonds is 3. The second kappa shape index (κ2) is 5.33. The van der Waals surface area contributed by atoms with E-state index in [1.165, 1.54) is 6.92 Å². The molecule has 7 heteroatoms. The minimum Gasteiger partial charge on any atom is -0.449 e. The van der Waals surface area contributed by atoms with Gasteiger partial charge in [0, 0.05) is 0 Å². The van der Waals surface area contributed by atoms with Crippen molar-refractivity contribution in [2.75, 3.05) is 0 Å². The summed E-state index contributed by atoms with van der Waals surface area (Å²) in [5, 5.41) is -0.285. The van der Waals surface area contributed by atoms with Gasteiger partial charge in [-0.2, -0.15) is 0 Å². The van der Waals surface area contributed by atoms with Crippen molar-refractivity contribution in [2.24, 2.45) is 5.73 Å². The molecule has 2 N–H and O–H groups in total. The Morgan fingerprint density at radius 1 is 1.35 bits per heavy atom. The first-order valence-corrected chi connectivity index (χ1v) is 5.23. The molecular formula is C10H8Cl2FNO3. The molecule has 0 aliphatic heterocycles. The Balaban J connectivity index is 2.97. The molecule has 0 radical (unpaired) electrons. The number of halogens is 3. The van der Waals surface area contributed by atoms with Gasteiger partial charge in [-0.15, -0.1) is 0 Å². The van der Waals surface area contributed by atoms with Gasteiger partial charge in [0.05, 0.1) is 15.6 Å². The fourth-order valence-corrected chi connectivity index (χ4v) is 1.42. The molecular weight excluding hydrogens is 272 g/mol. The van der Waals surface area contributed by atoms with Gasteiger partial charge in [0.1, 0.15) is 5.82 Å². The average Bonchev–Trinajstić information content (AvgIpc) is 2.22. The second-order valence-corrected chi connectivity index (χ2v) is 4.01. The molecule has 4 nitrogen and oxygen atoms in total. The summed E-state index contributed by atoms with van der Waals surface area (Å²) in [7, 11) is 0. The molecule has 1 rings (SSSR count). The molecule has 17 heavy (non-hydrogen) atoms. The Morgan fingerprint density at radius 2 is 1.94 bits per heavy atom. The number of amides is 1. The van der Waals surface area contributed by atoms with Crippen molar-refractivity contribution < 1.29 is 18.7 Å². The van der Waals surface area contributed by atoms with Crippen LogP contribution in [0.1, 0.15) is 17.3 Å². The molecule has 0 aliphatic carbocycles. The van der Waals surface area contributed by atoms with Gasteiger partial charge in [-0.3, -0.25) is 4.79 Å². The average molecular weight is 280 g/mol. The van der Waals surface area contributed by atoms with Gasteiger partial charge in [-0.05, 0) is 19.1 Å². The van der Waals surface area contributed by atoms with E-state index in [1.54, 1.807) is 0 Å². The quantitative estimate of drug-likeness (QED) is 0.681. The fourth-order valence-electron chi connectivity index (χ4n) is 0.961. The monoisotopic (exact) mass is 279 g/mol. The zero-order chi connectivity index (χ0) is 13.2. The summed E-state index contributed by atoms with van der Waals surface area (Å²) in [6.45, 7) is 1.29. The van der Waals surface area contributed by atoms with Crippen LogP contribution in [0.3, 0.4) is 0 Å². The molecule has 1 atom stereocenters. The molecule has 0 heterocycles. The summed E-state index contributed by atoms with van der Waals surface area (Å²) in [5.41, 5.74) is 4.69. The number of hydrogen-bond acceptors (Lipinski definition) is 3. The molecule has 0 aliphatic rings. The number of ether oxygens (including phenoxy) is 1. The third-order valence-corrected chi connectivity index (χ3v) is 2.52. The van der Waals surface area contributed by atoms with Crippen LogP contribution in [0, 0.1) is 5.82 Å². The Labute approximate surface area is 106 Å². The molecule has 1 amide bonds. The molecule has 0 saturated carbocycles. The third kappa shape index (κ3) is 3.31. The van der Waals surface area contributed by atoms with Crippen LogP contribution in [0.15, 0.2) is 12.1 Å². The van der Waals surface area contributed by atoms with Crippen LogP contribution in [0.25, 0.3) is 0 Å². The van der Waals surface area contributed by atoms with Crippen LogP contribution in [-0.4, -0.2) is 18.0 Å². The van der Waals surface area contributed by atoms with E-state index < -0.39 is 23.8 Å². The fraction of sp³-hybridized carbons (Fsp3) is 0.200. The summed E-state index contributed by atoms with van der Waals surface area (Å²) < 4.78 is 17.8. The maximum absolute atomic E-state index is 13.1. The highest BCUT2D eigenvalue weighted by Crippen LogP contribution is 2.25. The van der Waals surface area contributed by atoms with Crippen molar-refractivity contribution in [3.8, 4) is 0 Å². The van der Waals surface area contributed by atoms with E-state index in [-0.39, 0.29) is 15.6 Å². The van der Waals surface area contributed by atoms with E-state index >= 15 is 0 Å². The van der Waals surface area contributed by atoms with Crippen molar-refractivity contribution in [2.45, 2.75) is 13.0 Å². The van der Waals surface area contributed by atoms with Gasteiger partial charge >= 0.3 is 5.97 Å². The van der Waals surface area contributed by atoms with Gasteiger partial charge in [0.25, 0.3) is 5.91 Å². The molecule has 0 saturated heterocycles. The van der Waals surface area contributed by atoms with Crippen LogP contribution in [-0.2, 0) is 9.53 Å². The van der Waals surface area contributed by atoms with Crippen LogP contribution >= 0.6 is 23.2 Å². The first kappa shape index (κ1) is 13.7. The summed E-state index contributed by atoms with van der Waals surface area (Å²) in [6.07, 6.45) is -1.13. The van der Waals surface area contributed by atoms with E-state index in [0.717, 1.165) is 12.1 Å². The third-order valence-electron chi connectivity index (χ3n) is 1.91. The van der Waals surface area contributed by atoms with E-state index in [1.807, 2.05) is 0 Å². The molecule has 0 unspecified atom stereocenters. The van der Waals surface area contributed by atoms with Crippen LogP contribution < -0.4 is 5.73 Å². The molecule has 1 aromatic carbocycles. The zero-order valence-electron chi connectivity index (χ0n) is 8.67. The summed E-state index contributed by atoms with van der Waals surface area (Å²) in [6, 6.07) is 1.91. The highest BCUT2D eigenvalue weighted by molar-refractivity contribution is 6.36. The number of esters is 1. The van der Waals surface area contributed by atoms with Gasteiger partial charge in [-0.25, -0.2) is 9.18 Å². The lowest BCUT2D eigenvalue weighted by Gasteiger charge is -2.10. The van der Waals surface area contributed by atoms with Crippen LogP contribution in [0.5, 0.6) is 0 Å². The van der Waals surface area contributed by atoms with E-state index in [4.69, 9.17) is 28.9 Å². The topological polar surface area (TPSA) is 69.4 Å². The van der Waals surface area contributed by atoms with Crippen molar-refractivity contribution >= 4 is 35.1 Å². The van der Waals surface area contributed by atoms with E-state index in [9.17, 15) is 14.0 Å². The minimum absolute atomic E-state index is 0.0712. The predicted molar refractivity (Wildman–Crippen MR) is 60.5 cm³/mol. The molecule has 0 aromatic heterocycles. The predicted octanol–water partition coefficient (Wildman–Crippen LogP) is 2.16. The Hall–Kier alpha value is -1.33. The minimum atomic E-state index is -1.13. The van der Waals surface area contributed by atoms with Crippen molar-refractivity contribution in [3.05, 3.63) is 33.6 Å². The smallest absolute Gasteiger partial charge is 0.340 e. The lowest BCUT2D eigenvalue weighted by atomic mass is 10.2. The summed E-state index contributed by atoms with van der Waals surface area (Å²) >= 11 is 11.2. The number of primary amides is 1. The van der Waals surface area contributed by atoms with Crippen LogP contribution in [0.2, 0.25) is 10.0 Å². The van der Waals surface area contributed by atoms with E-state index in [0.29, 0.717) is 0 Å². The highest BCUT2D eigenvalue weighted by atomic mass is 35.5. The van der Waals surface area contributed by atoms with Gasteiger partial charge in [-0.1, -0.05) is 23.2 Å². The maximum atomic E-state index is 13.1. The zero-order valence-corrected chi connectivity index (χ0v) is 10.2. The van der Waals surface area contributed by atoms with Crippen molar-refractivity contribution in [3.63, 3.8) is 0 Å². The largest absolute Gasteiger partial charge is 0.449 e. The van der Waals surface area contributed by atoms with Crippen LogP contribution in [0.4, 0.5) is 4.39 Å². The Morgan fingerprint density at radius 3 is 2.47 bits per heavy atom. The number of hydrogen-bond donors (Lipinski definition) is 1. The first-order valence-electron chi connectivity index (χ1n) is 4.47. The molecule has 0 fully saturated rings. The number of carbonyl (C=O) groups excluding carboxylic acids is 2. The number of carbonyl (C=O) groups is 2. The standard InChI is InChI=1S/C10H8Cl2FNO3/c1-4(9(14)15)17-10(16)5-2-8(13)7(12)3-6(5)11/h2-4H,1H3,(H2,14,15)/t4-/m1/s1. The van der Waals surface area contributed by atoms with Gasteiger partial charge in [0.2, 0.25) is 0 Å². The summed E-state index contributed by atoms with van der Waals surface area (Å²) in [4.78, 5) is 22.2. The molecule has 0 spiro atoms. The lowest BCUT2D eigenvalue weighted by Crippen LogP contribution is -2.30. The van der Waals surface area contributed by atoms with Gasteiger partial charge in [0.15, 0.2) is 6.10 Å². The normalized spacial score (nSPS) is 12.0. The maximum Gasteiger partial charge on any atom is 0.340 e. The van der Waals surface area contributed by atoms with Crippen molar-refractivity contribution in [1.82, 2.24) is 0 Å². The highest BCUT2D eigenvalue weighted by Gasteiger charge is 2.20. The molecule has 92 valence electrons. The lowest BCUT2D eigenvalue weighted by molar-refractivity contribution is -0.125. The van der Waals surface area contributed by atoms with Crippen molar-refractivity contribution in [1.29, 1.82) is 0 Å². The SMILES string of the molecule is C[C@@H](OC(=O)c1cc(F)c(Cl)cc1Cl)C(N)=O. The summed E-state index contributed by atoms with van der Waals surface area (Å²) in [5.74, 6) is -2.57. The second-order valence-electron chi connectivity index (χ2n) is 3.20. The van der Waals surface area contributed by atoms with E-state index in [2.05, 4.69) is 4.74 Å². The Kier molecular flexibility index (Phi) is 4.31. The number of nitrogens with two attached hydrogens (primary N) is 1. The molecule has 1 aromatic rings.